The molecular formula is C51H34N4. The second kappa shape index (κ2) is 13.8. The van der Waals surface area contributed by atoms with Crippen molar-refractivity contribution in [3.63, 3.8) is 0 Å². The number of benzene rings is 8. The average Bonchev–Trinajstić information content (AvgIpc) is 3.61. The van der Waals surface area contributed by atoms with E-state index in [2.05, 4.69) is 174 Å². The number of aromatic nitrogens is 4. The number of para-hydroxylation sites is 1. The van der Waals surface area contributed by atoms with Crippen molar-refractivity contribution in [1.82, 2.24) is 19.5 Å². The Kier molecular flexibility index (Phi) is 8.12. The molecule has 55 heavy (non-hydrogen) atoms. The topological polar surface area (TPSA) is 43.6 Å². The molecule has 0 amide bonds. The molecule has 0 aliphatic carbocycles. The fourth-order valence-corrected chi connectivity index (χ4v) is 7.52. The molecule has 4 heteroatoms. The van der Waals surface area contributed by atoms with Gasteiger partial charge in [0.2, 0.25) is 0 Å². The molecule has 0 spiro atoms. The largest absolute Gasteiger partial charge is 0.309 e. The van der Waals surface area contributed by atoms with Crippen LogP contribution in [0.1, 0.15) is 0 Å². The van der Waals surface area contributed by atoms with Crippen molar-refractivity contribution in [2.45, 2.75) is 0 Å². The van der Waals surface area contributed by atoms with Gasteiger partial charge in [-0.15, -0.1) is 0 Å². The number of hydrogen-bond donors (Lipinski definition) is 0. The maximum absolute atomic E-state index is 5.11. The van der Waals surface area contributed by atoms with Crippen LogP contribution in [0.3, 0.4) is 0 Å². The van der Waals surface area contributed by atoms with Gasteiger partial charge in [-0.25, -0.2) is 15.0 Å². The minimum absolute atomic E-state index is 0.625. The van der Waals surface area contributed by atoms with Gasteiger partial charge in [-0.05, 0) is 81.9 Å². The molecule has 0 N–H and O–H groups in total. The van der Waals surface area contributed by atoms with Crippen LogP contribution >= 0.6 is 0 Å². The van der Waals surface area contributed by atoms with Crippen LogP contribution in [-0.2, 0) is 0 Å². The zero-order valence-electron chi connectivity index (χ0n) is 29.9. The van der Waals surface area contributed by atoms with Crippen molar-refractivity contribution in [3.8, 4) is 73.2 Å². The van der Waals surface area contributed by atoms with E-state index in [1.165, 1.54) is 44.1 Å². The fraction of sp³-hybridized carbons (Fsp3) is 0. The monoisotopic (exact) mass is 702 g/mol. The van der Waals surface area contributed by atoms with E-state index in [-0.39, 0.29) is 0 Å². The van der Waals surface area contributed by atoms with Gasteiger partial charge in [-0.2, -0.15) is 0 Å². The highest BCUT2D eigenvalue weighted by atomic mass is 15.0. The Morgan fingerprint density at radius 2 is 0.655 bits per heavy atom. The van der Waals surface area contributed by atoms with Gasteiger partial charge in [0.1, 0.15) is 0 Å². The van der Waals surface area contributed by atoms with Gasteiger partial charge in [0.25, 0.3) is 0 Å². The predicted octanol–water partition coefficient (Wildman–Crippen LogP) is 13.0. The molecule has 0 aliphatic heterocycles. The van der Waals surface area contributed by atoms with Gasteiger partial charge < -0.3 is 4.57 Å². The van der Waals surface area contributed by atoms with E-state index in [1.54, 1.807) is 0 Å². The van der Waals surface area contributed by atoms with Gasteiger partial charge in [-0.3, -0.25) is 0 Å². The molecular weight excluding hydrogens is 669 g/mol. The molecule has 0 bridgehead atoms. The molecule has 8 aromatic carbocycles. The highest BCUT2D eigenvalue weighted by Crippen LogP contribution is 2.36. The van der Waals surface area contributed by atoms with Crippen LogP contribution in [0, 0.1) is 0 Å². The van der Waals surface area contributed by atoms with E-state index in [1.807, 2.05) is 36.4 Å². The minimum Gasteiger partial charge on any atom is -0.309 e. The van der Waals surface area contributed by atoms with Crippen molar-refractivity contribution < 1.29 is 0 Å². The molecule has 2 heterocycles. The summed E-state index contributed by atoms with van der Waals surface area (Å²) in [6, 6.07) is 72.3. The van der Waals surface area contributed by atoms with Crippen molar-refractivity contribution in [3.05, 3.63) is 206 Å². The van der Waals surface area contributed by atoms with Crippen LogP contribution < -0.4 is 0 Å². The van der Waals surface area contributed by atoms with Crippen molar-refractivity contribution in [1.29, 1.82) is 0 Å². The molecule has 0 fully saturated rings. The van der Waals surface area contributed by atoms with Crippen molar-refractivity contribution >= 4 is 21.8 Å². The molecule has 10 aromatic rings. The van der Waals surface area contributed by atoms with Crippen LogP contribution in [0.5, 0.6) is 0 Å². The summed E-state index contributed by atoms with van der Waals surface area (Å²) in [6.07, 6.45) is 0. The maximum Gasteiger partial charge on any atom is 0.164 e. The lowest BCUT2D eigenvalue weighted by atomic mass is 9.98. The summed E-state index contributed by atoms with van der Waals surface area (Å²) < 4.78 is 2.35. The Bertz CT molecular complexity index is 2950. The van der Waals surface area contributed by atoms with Crippen LogP contribution in [0.4, 0.5) is 0 Å². The number of rotatable bonds is 7. The van der Waals surface area contributed by atoms with Crippen molar-refractivity contribution in [2.24, 2.45) is 0 Å². The summed E-state index contributed by atoms with van der Waals surface area (Å²) in [5, 5.41) is 2.45. The third-order valence-corrected chi connectivity index (χ3v) is 10.3. The average molecular weight is 703 g/mol. The molecule has 0 radical (unpaired) electrons. The normalized spacial score (nSPS) is 11.3. The lowest BCUT2D eigenvalue weighted by Gasteiger charge is -2.12. The van der Waals surface area contributed by atoms with E-state index in [0.29, 0.717) is 17.5 Å². The second-order valence-electron chi connectivity index (χ2n) is 13.7. The minimum atomic E-state index is 0.625. The molecule has 2 aromatic heterocycles. The maximum atomic E-state index is 5.11. The Balaban J connectivity index is 1.06. The summed E-state index contributed by atoms with van der Waals surface area (Å²) >= 11 is 0. The summed E-state index contributed by atoms with van der Waals surface area (Å²) in [6.45, 7) is 0. The van der Waals surface area contributed by atoms with Crippen LogP contribution in [0.15, 0.2) is 206 Å². The lowest BCUT2D eigenvalue weighted by Crippen LogP contribution is -2.00. The molecule has 0 unspecified atom stereocenters. The molecule has 0 saturated heterocycles. The smallest absolute Gasteiger partial charge is 0.164 e. The molecule has 0 aliphatic rings. The molecule has 10 rings (SSSR count). The van der Waals surface area contributed by atoms with Gasteiger partial charge in [0, 0.05) is 33.2 Å². The first-order valence-electron chi connectivity index (χ1n) is 18.5. The third kappa shape index (κ3) is 6.16. The van der Waals surface area contributed by atoms with E-state index in [9.17, 15) is 0 Å². The highest BCUT2D eigenvalue weighted by molar-refractivity contribution is 6.10. The Morgan fingerprint density at radius 1 is 0.255 bits per heavy atom. The highest BCUT2D eigenvalue weighted by Gasteiger charge is 2.16. The standard InChI is InChI=1S/C51H34N4/c1-4-14-35(15-5-1)39-20-12-21-40(32-39)41-22-13-23-43(33-41)51-53-49(37-18-8-3-9-19-37)52-50(54-51)38-26-29-44(30-27-38)55-47-25-11-10-24-45(47)46-31-28-42(34-48(46)55)36-16-6-2-7-17-36/h1-34H. The SMILES string of the molecule is c1ccc(-c2cccc(-c3cccc(-c4nc(-c5ccccc5)nc(-c5ccc(-n6c7ccccc7c7ccc(-c8ccccc8)cc76)cc5)n4)c3)c2)cc1. The van der Waals surface area contributed by atoms with Crippen LogP contribution in [0.2, 0.25) is 0 Å². The first kappa shape index (κ1) is 32.2. The zero-order valence-corrected chi connectivity index (χ0v) is 29.9. The van der Waals surface area contributed by atoms with Crippen LogP contribution in [0.25, 0.3) is 95.0 Å². The number of fused-ring (bicyclic) bond motifs is 3. The summed E-state index contributed by atoms with van der Waals surface area (Å²) in [4.78, 5) is 15.2. The van der Waals surface area contributed by atoms with Crippen LogP contribution in [-0.4, -0.2) is 19.5 Å². The zero-order chi connectivity index (χ0) is 36.6. The molecule has 0 saturated carbocycles. The van der Waals surface area contributed by atoms with E-state index in [4.69, 9.17) is 15.0 Å². The van der Waals surface area contributed by atoms with E-state index >= 15 is 0 Å². The molecule has 258 valence electrons. The molecule has 0 atom stereocenters. The number of nitrogens with zero attached hydrogens (tertiary/aromatic N) is 4. The second-order valence-corrected chi connectivity index (χ2v) is 13.7. The van der Waals surface area contributed by atoms with Gasteiger partial charge in [-0.1, -0.05) is 158 Å². The van der Waals surface area contributed by atoms with E-state index < -0.39 is 0 Å². The third-order valence-electron chi connectivity index (χ3n) is 10.3. The summed E-state index contributed by atoms with van der Waals surface area (Å²) in [7, 11) is 0. The lowest BCUT2D eigenvalue weighted by molar-refractivity contribution is 1.07. The quantitative estimate of drug-likeness (QED) is 0.166. The summed E-state index contributed by atoms with van der Waals surface area (Å²) in [5.74, 6) is 1.89. The summed E-state index contributed by atoms with van der Waals surface area (Å²) in [5.41, 5.74) is 13.2. The van der Waals surface area contributed by atoms with Crippen molar-refractivity contribution in [2.75, 3.05) is 0 Å². The first-order chi connectivity index (χ1) is 27.2. The Morgan fingerprint density at radius 3 is 1.27 bits per heavy atom. The van der Waals surface area contributed by atoms with E-state index in [0.717, 1.165) is 33.5 Å². The predicted molar refractivity (Wildman–Crippen MR) is 227 cm³/mol. The van der Waals surface area contributed by atoms with Gasteiger partial charge in [0.15, 0.2) is 17.5 Å². The van der Waals surface area contributed by atoms with Gasteiger partial charge in [0.05, 0.1) is 11.0 Å². The number of hydrogen-bond acceptors (Lipinski definition) is 3. The fourth-order valence-electron chi connectivity index (χ4n) is 7.52. The first-order valence-corrected chi connectivity index (χ1v) is 18.5. The Labute approximate surface area is 319 Å². The molecule has 4 nitrogen and oxygen atoms in total. The Hall–Kier alpha value is -7.43. The van der Waals surface area contributed by atoms with Gasteiger partial charge >= 0.3 is 0 Å².